The molecule has 1 aliphatic rings. The van der Waals surface area contributed by atoms with Gasteiger partial charge in [-0.25, -0.2) is 0 Å². The van der Waals surface area contributed by atoms with Gasteiger partial charge in [-0.15, -0.1) is 0 Å². The van der Waals surface area contributed by atoms with Gasteiger partial charge in [0.25, 0.3) is 0 Å². The van der Waals surface area contributed by atoms with E-state index in [0.29, 0.717) is 25.1 Å². The van der Waals surface area contributed by atoms with Gasteiger partial charge in [0, 0.05) is 24.8 Å². The average Bonchev–Trinajstić information content (AvgIpc) is 2.38. The zero-order chi connectivity index (χ0) is 14.9. The summed E-state index contributed by atoms with van der Waals surface area (Å²) in [4.78, 5) is 25.4. The van der Waals surface area contributed by atoms with E-state index in [9.17, 15) is 9.59 Å². The molecular weight excluding hydrogens is 252 g/mol. The van der Waals surface area contributed by atoms with E-state index < -0.39 is 0 Å². The summed E-state index contributed by atoms with van der Waals surface area (Å²) in [6.07, 6.45) is 0.865. The molecule has 1 heterocycles. The molecule has 2 rings (SSSR count). The fourth-order valence-electron chi connectivity index (χ4n) is 2.46. The molecule has 0 aromatic heterocycles. The molecule has 0 spiro atoms. The Morgan fingerprint density at radius 3 is 2.10 bits per heavy atom. The largest absolute Gasteiger partial charge is 0.330 e. The van der Waals surface area contributed by atoms with E-state index in [-0.39, 0.29) is 23.1 Å². The lowest BCUT2D eigenvalue weighted by Crippen LogP contribution is -2.42. The fourth-order valence-corrected chi connectivity index (χ4v) is 2.46. The number of carbonyl (C=O) groups is 2. The molecule has 108 valence electrons. The topological polar surface area (TPSA) is 63.4 Å². The molecule has 1 aromatic rings. The normalized spacial score (nSPS) is 17.7. The maximum absolute atomic E-state index is 12.0. The van der Waals surface area contributed by atoms with Crippen LogP contribution in [0, 0.1) is 5.92 Å². The quantitative estimate of drug-likeness (QED) is 0.860. The van der Waals surface area contributed by atoms with Crippen molar-refractivity contribution in [3.05, 3.63) is 29.8 Å². The third kappa shape index (κ3) is 2.75. The van der Waals surface area contributed by atoms with Crippen LogP contribution in [-0.2, 0) is 15.0 Å². The number of benzene rings is 1. The Bertz CT molecular complexity index is 502. The van der Waals surface area contributed by atoms with Crippen molar-refractivity contribution < 1.29 is 9.59 Å². The molecule has 0 bridgehead atoms. The van der Waals surface area contributed by atoms with Crippen LogP contribution in [0.4, 0.5) is 5.69 Å². The van der Waals surface area contributed by atoms with E-state index >= 15 is 0 Å². The van der Waals surface area contributed by atoms with Crippen molar-refractivity contribution in [2.24, 2.45) is 11.7 Å². The van der Waals surface area contributed by atoms with E-state index in [1.54, 1.807) is 0 Å². The minimum Gasteiger partial charge on any atom is -0.330 e. The van der Waals surface area contributed by atoms with Gasteiger partial charge in [-0.1, -0.05) is 32.9 Å². The number of amides is 2. The monoisotopic (exact) mass is 274 g/mol. The molecule has 0 unspecified atom stereocenters. The highest BCUT2D eigenvalue weighted by Crippen LogP contribution is 2.28. The zero-order valence-electron chi connectivity index (χ0n) is 12.3. The number of carbonyl (C=O) groups excluding carboxylic acids is 2. The Balaban J connectivity index is 2.26. The molecule has 1 aliphatic heterocycles. The first-order chi connectivity index (χ1) is 9.35. The van der Waals surface area contributed by atoms with Crippen molar-refractivity contribution in [2.75, 3.05) is 11.4 Å². The SMILES string of the molecule is CC1CC(=O)N(c2ccc(C(C)(C)CN)cc2)C(=O)C1. The van der Waals surface area contributed by atoms with Gasteiger partial charge in [0.1, 0.15) is 0 Å². The van der Waals surface area contributed by atoms with E-state index in [0.717, 1.165) is 5.56 Å². The standard InChI is InChI=1S/C16H22N2O2/c1-11-8-14(19)18(15(20)9-11)13-6-4-12(5-7-13)16(2,3)10-17/h4-7,11H,8-10,17H2,1-3H3. The van der Waals surface area contributed by atoms with Crippen molar-refractivity contribution in [1.29, 1.82) is 0 Å². The maximum atomic E-state index is 12.0. The van der Waals surface area contributed by atoms with Gasteiger partial charge in [0.2, 0.25) is 11.8 Å². The first kappa shape index (κ1) is 14.7. The number of hydrogen-bond acceptors (Lipinski definition) is 3. The lowest BCUT2D eigenvalue weighted by Gasteiger charge is -2.29. The molecule has 1 fully saturated rings. The summed E-state index contributed by atoms with van der Waals surface area (Å²) in [7, 11) is 0. The first-order valence-corrected chi connectivity index (χ1v) is 7.01. The molecule has 0 saturated carbocycles. The van der Waals surface area contributed by atoms with E-state index in [1.165, 1.54) is 4.90 Å². The Hall–Kier alpha value is -1.68. The van der Waals surface area contributed by atoms with E-state index in [2.05, 4.69) is 13.8 Å². The Morgan fingerprint density at radius 2 is 1.65 bits per heavy atom. The summed E-state index contributed by atoms with van der Waals surface area (Å²) in [5, 5.41) is 0. The van der Waals surface area contributed by atoms with Gasteiger partial charge in [0.05, 0.1) is 5.69 Å². The second-order valence-corrected chi connectivity index (χ2v) is 6.27. The fraction of sp³-hybridized carbons (Fsp3) is 0.500. The van der Waals surface area contributed by atoms with Crippen LogP contribution in [0.5, 0.6) is 0 Å². The summed E-state index contributed by atoms with van der Waals surface area (Å²) >= 11 is 0. The molecule has 20 heavy (non-hydrogen) atoms. The molecule has 4 heteroatoms. The molecular formula is C16H22N2O2. The smallest absolute Gasteiger partial charge is 0.234 e. The van der Waals surface area contributed by atoms with Gasteiger partial charge >= 0.3 is 0 Å². The van der Waals surface area contributed by atoms with Crippen LogP contribution in [0.1, 0.15) is 39.2 Å². The number of nitrogens with two attached hydrogens (primary N) is 1. The molecule has 2 N–H and O–H groups in total. The number of imide groups is 1. The summed E-state index contributed by atoms with van der Waals surface area (Å²) in [5.41, 5.74) is 7.41. The van der Waals surface area contributed by atoms with Gasteiger partial charge in [-0.3, -0.25) is 14.5 Å². The predicted octanol–water partition coefficient (Wildman–Crippen LogP) is 2.21. The molecule has 0 radical (unpaired) electrons. The highest BCUT2D eigenvalue weighted by molar-refractivity contribution is 6.16. The molecule has 0 aliphatic carbocycles. The lowest BCUT2D eigenvalue weighted by molar-refractivity contribution is -0.130. The molecule has 2 amide bonds. The van der Waals surface area contributed by atoms with Crippen LogP contribution >= 0.6 is 0 Å². The van der Waals surface area contributed by atoms with Crippen molar-refractivity contribution in [3.63, 3.8) is 0 Å². The number of piperidine rings is 1. The Kier molecular flexibility index (Phi) is 3.95. The Morgan fingerprint density at radius 1 is 1.15 bits per heavy atom. The average molecular weight is 274 g/mol. The second kappa shape index (κ2) is 5.37. The van der Waals surface area contributed by atoms with Crippen molar-refractivity contribution in [1.82, 2.24) is 0 Å². The van der Waals surface area contributed by atoms with Crippen LogP contribution in [0.2, 0.25) is 0 Å². The van der Waals surface area contributed by atoms with E-state index in [4.69, 9.17) is 5.73 Å². The summed E-state index contributed by atoms with van der Waals surface area (Å²) in [5.74, 6) is -0.0825. The zero-order valence-corrected chi connectivity index (χ0v) is 12.3. The molecule has 0 atom stereocenters. The minimum atomic E-state index is -0.111. The summed E-state index contributed by atoms with van der Waals surface area (Å²) in [6.45, 7) is 6.62. The maximum Gasteiger partial charge on any atom is 0.234 e. The third-order valence-electron chi connectivity index (χ3n) is 3.96. The van der Waals surface area contributed by atoms with Crippen LogP contribution in [0.25, 0.3) is 0 Å². The first-order valence-electron chi connectivity index (χ1n) is 7.01. The lowest BCUT2D eigenvalue weighted by atomic mass is 9.85. The second-order valence-electron chi connectivity index (χ2n) is 6.27. The molecule has 1 aromatic carbocycles. The van der Waals surface area contributed by atoms with E-state index in [1.807, 2.05) is 31.2 Å². The van der Waals surface area contributed by atoms with Crippen LogP contribution < -0.4 is 10.6 Å². The molecule has 4 nitrogen and oxygen atoms in total. The van der Waals surface area contributed by atoms with Crippen molar-refractivity contribution in [2.45, 2.75) is 39.0 Å². The number of anilines is 1. The van der Waals surface area contributed by atoms with Crippen molar-refractivity contribution >= 4 is 17.5 Å². The number of rotatable bonds is 3. The number of hydrogen-bond donors (Lipinski definition) is 1. The third-order valence-corrected chi connectivity index (χ3v) is 3.96. The number of nitrogens with zero attached hydrogens (tertiary/aromatic N) is 1. The molecule has 1 saturated heterocycles. The van der Waals surface area contributed by atoms with Crippen LogP contribution in [0.3, 0.4) is 0 Å². The summed E-state index contributed by atoms with van der Waals surface area (Å²) in [6, 6.07) is 7.55. The van der Waals surface area contributed by atoms with Gasteiger partial charge in [-0.05, 0) is 23.6 Å². The van der Waals surface area contributed by atoms with Crippen LogP contribution in [-0.4, -0.2) is 18.4 Å². The van der Waals surface area contributed by atoms with Gasteiger partial charge in [-0.2, -0.15) is 0 Å². The van der Waals surface area contributed by atoms with Gasteiger partial charge < -0.3 is 5.73 Å². The predicted molar refractivity (Wildman–Crippen MR) is 79.4 cm³/mol. The Labute approximate surface area is 119 Å². The van der Waals surface area contributed by atoms with Crippen LogP contribution in [0.15, 0.2) is 24.3 Å². The highest BCUT2D eigenvalue weighted by Gasteiger charge is 2.31. The minimum absolute atomic E-state index is 0.108. The highest BCUT2D eigenvalue weighted by atomic mass is 16.2. The summed E-state index contributed by atoms with van der Waals surface area (Å²) < 4.78 is 0. The van der Waals surface area contributed by atoms with Crippen molar-refractivity contribution in [3.8, 4) is 0 Å². The van der Waals surface area contributed by atoms with Gasteiger partial charge in [0.15, 0.2) is 0 Å².